The first-order chi connectivity index (χ1) is 7.54. The number of thiol groups is 1. The molecule has 3 heteroatoms. The van der Waals surface area contributed by atoms with Gasteiger partial charge in [-0.1, -0.05) is 15.9 Å². The standard InChI is InChI=1S/C13H19BrOS/c1-8-9(2)13(15-4)11(6-5-7-16)10(3)12(8)14/h16H,5-7H2,1-4H3. The van der Waals surface area contributed by atoms with E-state index in [1.807, 2.05) is 0 Å². The van der Waals surface area contributed by atoms with E-state index in [-0.39, 0.29) is 0 Å². The van der Waals surface area contributed by atoms with Crippen LogP contribution >= 0.6 is 28.6 Å². The summed E-state index contributed by atoms with van der Waals surface area (Å²) in [6.45, 7) is 6.38. The molecule has 0 saturated carbocycles. The Morgan fingerprint density at radius 3 is 2.25 bits per heavy atom. The van der Waals surface area contributed by atoms with Crippen LogP contribution < -0.4 is 4.74 Å². The Hall–Kier alpha value is -0.150. The fraction of sp³-hybridized carbons (Fsp3) is 0.538. The van der Waals surface area contributed by atoms with Crippen LogP contribution in [0, 0.1) is 20.8 Å². The molecule has 1 nitrogen and oxygen atoms in total. The van der Waals surface area contributed by atoms with E-state index in [1.165, 1.54) is 26.7 Å². The van der Waals surface area contributed by atoms with Crippen LogP contribution in [0.4, 0.5) is 0 Å². The molecule has 0 heterocycles. The van der Waals surface area contributed by atoms with Gasteiger partial charge in [-0.2, -0.15) is 12.6 Å². The Bertz CT molecular complexity index is 388. The maximum atomic E-state index is 5.54. The predicted molar refractivity (Wildman–Crippen MR) is 77.1 cm³/mol. The predicted octanol–water partition coefficient (Wildman–Crippen LogP) is 4.25. The smallest absolute Gasteiger partial charge is 0.125 e. The molecule has 0 atom stereocenters. The molecule has 90 valence electrons. The van der Waals surface area contributed by atoms with Crippen LogP contribution in [0.2, 0.25) is 0 Å². The highest BCUT2D eigenvalue weighted by Crippen LogP contribution is 2.36. The van der Waals surface area contributed by atoms with E-state index in [1.54, 1.807) is 7.11 Å². The number of hydrogen-bond donors (Lipinski definition) is 1. The molecule has 0 spiro atoms. The minimum atomic E-state index is 0.910. The molecule has 0 amide bonds. The molecular weight excluding hydrogens is 284 g/mol. The molecule has 0 fully saturated rings. The summed E-state index contributed by atoms with van der Waals surface area (Å²) in [6, 6.07) is 0. The zero-order valence-electron chi connectivity index (χ0n) is 10.4. The first-order valence-electron chi connectivity index (χ1n) is 5.47. The molecule has 0 N–H and O–H groups in total. The van der Waals surface area contributed by atoms with Crippen molar-refractivity contribution in [2.75, 3.05) is 12.9 Å². The normalized spacial score (nSPS) is 10.6. The number of ether oxygens (including phenoxy) is 1. The molecule has 0 aromatic heterocycles. The maximum absolute atomic E-state index is 5.54. The van der Waals surface area contributed by atoms with Crippen molar-refractivity contribution in [3.05, 3.63) is 26.7 Å². The Balaban J connectivity index is 3.33. The highest BCUT2D eigenvalue weighted by Gasteiger charge is 2.15. The molecule has 0 unspecified atom stereocenters. The average Bonchev–Trinajstić information content (AvgIpc) is 2.29. The van der Waals surface area contributed by atoms with E-state index in [9.17, 15) is 0 Å². The number of rotatable bonds is 4. The summed E-state index contributed by atoms with van der Waals surface area (Å²) in [6.07, 6.45) is 2.10. The average molecular weight is 303 g/mol. The van der Waals surface area contributed by atoms with Crippen LogP contribution in [0.5, 0.6) is 5.75 Å². The fourth-order valence-corrected chi connectivity index (χ4v) is 2.67. The van der Waals surface area contributed by atoms with E-state index in [0.29, 0.717) is 0 Å². The van der Waals surface area contributed by atoms with Crippen molar-refractivity contribution in [1.29, 1.82) is 0 Å². The summed E-state index contributed by atoms with van der Waals surface area (Å²) < 4.78 is 6.75. The van der Waals surface area contributed by atoms with Gasteiger partial charge in [0.2, 0.25) is 0 Å². The summed E-state index contributed by atoms with van der Waals surface area (Å²) in [7, 11) is 1.75. The van der Waals surface area contributed by atoms with Gasteiger partial charge in [0.25, 0.3) is 0 Å². The summed E-state index contributed by atoms with van der Waals surface area (Å²) in [5, 5.41) is 0. The highest BCUT2D eigenvalue weighted by atomic mass is 79.9. The highest BCUT2D eigenvalue weighted by molar-refractivity contribution is 9.10. The molecular formula is C13H19BrOS. The van der Waals surface area contributed by atoms with Crippen LogP contribution in [0.25, 0.3) is 0 Å². The van der Waals surface area contributed by atoms with E-state index in [0.717, 1.165) is 24.3 Å². The van der Waals surface area contributed by atoms with Gasteiger partial charge in [0.05, 0.1) is 7.11 Å². The molecule has 0 radical (unpaired) electrons. The van der Waals surface area contributed by atoms with Crippen molar-refractivity contribution in [3.8, 4) is 5.75 Å². The van der Waals surface area contributed by atoms with Crippen LogP contribution in [-0.2, 0) is 6.42 Å². The SMILES string of the molecule is COc1c(C)c(C)c(Br)c(C)c1CCCS. The fourth-order valence-electron chi connectivity index (χ4n) is 1.98. The van der Waals surface area contributed by atoms with Crippen LogP contribution in [0.15, 0.2) is 4.47 Å². The summed E-state index contributed by atoms with van der Waals surface area (Å²) in [5.74, 6) is 1.95. The topological polar surface area (TPSA) is 9.23 Å². The Kier molecular flexibility index (Phi) is 5.19. The Morgan fingerprint density at radius 1 is 1.12 bits per heavy atom. The van der Waals surface area contributed by atoms with Gasteiger partial charge in [-0.15, -0.1) is 0 Å². The minimum absolute atomic E-state index is 0.910. The van der Waals surface area contributed by atoms with Gasteiger partial charge in [0.15, 0.2) is 0 Å². The molecule has 16 heavy (non-hydrogen) atoms. The monoisotopic (exact) mass is 302 g/mol. The van der Waals surface area contributed by atoms with Crippen LogP contribution in [0.1, 0.15) is 28.7 Å². The van der Waals surface area contributed by atoms with Crippen molar-refractivity contribution in [1.82, 2.24) is 0 Å². The third kappa shape index (κ3) is 2.57. The van der Waals surface area contributed by atoms with Crippen molar-refractivity contribution in [2.45, 2.75) is 33.6 Å². The number of benzene rings is 1. The zero-order valence-corrected chi connectivity index (χ0v) is 12.8. The zero-order chi connectivity index (χ0) is 12.3. The third-order valence-electron chi connectivity index (χ3n) is 3.08. The quantitative estimate of drug-likeness (QED) is 0.818. The van der Waals surface area contributed by atoms with Gasteiger partial charge in [-0.05, 0) is 61.6 Å². The molecule has 0 saturated heterocycles. The Labute approximate surface area is 112 Å². The molecule has 1 rings (SSSR count). The largest absolute Gasteiger partial charge is 0.496 e. The van der Waals surface area contributed by atoms with Gasteiger partial charge in [0.1, 0.15) is 5.75 Å². The number of methoxy groups -OCH3 is 1. The van der Waals surface area contributed by atoms with Gasteiger partial charge < -0.3 is 4.74 Å². The molecule has 1 aromatic carbocycles. The van der Waals surface area contributed by atoms with Crippen LogP contribution in [0.3, 0.4) is 0 Å². The van der Waals surface area contributed by atoms with Crippen molar-refractivity contribution < 1.29 is 4.74 Å². The van der Waals surface area contributed by atoms with Crippen molar-refractivity contribution in [3.63, 3.8) is 0 Å². The number of halogens is 1. The molecule has 0 aliphatic carbocycles. The van der Waals surface area contributed by atoms with E-state index < -0.39 is 0 Å². The van der Waals surface area contributed by atoms with Gasteiger partial charge in [-0.25, -0.2) is 0 Å². The van der Waals surface area contributed by atoms with Crippen molar-refractivity contribution in [2.24, 2.45) is 0 Å². The van der Waals surface area contributed by atoms with E-state index >= 15 is 0 Å². The van der Waals surface area contributed by atoms with Crippen molar-refractivity contribution >= 4 is 28.6 Å². The molecule has 0 aliphatic rings. The lowest BCUT2D eigenvalue weighted by Gasteiger charge is -2.18. The second-order valence-electron chi connectivity index (χ2n) is 4.03. The Morgan fingerprint density at radius 2 is 1.75 bits per heavy atom. The van der Waals surface area contributed by atoms with Gasteiger partial charge >= 0.3 is 0 Å². The van der Waals surface area contributed by atoms with Crippen LogP contribution in [-0.4, -0.2) is 12.9 Å². The second kappa shape index (κ2) is 5.97. The molecule has 0 bridgehead atoms. The second-order valence-corrected chi connectivity index (χ2v) is 5.27. The third-order valence-corrected chi connectivity index (χ3v) is 4.58. The lowest BCUT2D eigenvalue weighted by molar-refractivity contribution is 0.405. The first-order valence-corrected chi connectivity index (χ1v) is 6.90. The summed E-state index contributed by atoms with van der Waals surface area (Å²) >= 11 is 7.93. The maximum Gasteiger partial charge on any atom is 0.125 e. The summed E-state index contributed by atoms with van der Waals surface area (Å²) in [5.41, 5.74) is 5.10. The summed E-state index contributed by atoms with van der Waals surface area (Å²) in [4.78, 5) is 0. The van der Waals surface area contributed by atoms with E-state index in [2.05, 4.69) is 49.3 Å². The lowest BCUT2D eigenvalue weighted by atomic mass is 9.96. The minimum Gasteiger partial charge on any atom is -0.496 e. The first kappa shape index (κ1) is 13.9. The molecule has 1 aromatic rings. The van der Waals surface area contributed by atoms with E-state index in [4.69, 9.17) is 4.74 Å². The number of hydrogen-bond acceptors (Lipinski definition) is 2. The lowest BCUT2D eigenvalue weighted by Crippen LogP contribution is -2.02. The van der Waals surface area contributed by atoms with Gasteiger partial charge in [-0.3, -0.25) is 0 Å². The van der Waals surface area contributed by atoms with Gasteiger partial charge in [0, 0.05) is 4.47 Å². The molecule has 0 aliphatic heterocycles.